The smallest absolute Gasteiger partial charge is 0.224 e. The minimum absolute atomic E-state index is 0.132. The van der Waals surface area contributed by atoms with E-state index in [4.69, 9.17) is 0 Å². The highest BCUT2D eigenvalue weighted by molar-refractivity contribution is 9.10. The lowest BCUT2D eigenvalue weighted by Crippen LogP contribution is -2.28. The maximum Gasteiger partial charge on any atom is 0.224 e. The van der Waals surface area contributed by atoms with Gasteiger partial charge in [-0.1, -0.05) is 6.92 Å². The van der Waals surface area contributed by atoms with E-state index in [2.05, 4.69) is 43.5 Å². The highest BCUT2D eigenvalue weighted by Gasteiger charge is 2.40. The van der Waals surface area contributed by atoms with Crippen LogP contribution < -0.4 is 10.6 Å². The number of hydrogen-bond donors (Lipinski definition) is 3. The summed E-state index contributed by atoms with van der Waals surface area (Å²) in [5.74, 6) is 1.54. The van der Waals surface area contributed by atoms with Crippen molar-refractivity contribution in [3.8, 4) is 0 Å². The second kappa shape index (κ2) is 6.71. The van der Waals surface area contributed by atoms with E-state index in [0.29, 0.717) is 17.4 Å². The van der Waals surface area contributed by atoms with Crippen molar-refractivity contribution < 1.29 is 5.11 Å². The van der Waals surface area contributed by atoms with Gasteiger partial charge in [0.05, 0.1) is 10.6 Å². The molecule has 0 bridgehead atoms. The maximum atomic E-state index is 9.59. The van der Waals surface area contributed by atoms with Crippen molar-refractivity contribution in [2.24, 2.45) is 5.41 Å². The average molecular weight is 369 g/mol. The first kappa shape index (κ1) is 16.0. The van der Waals surface area contributed by atoms with Crippen LogP contribution in [-0.2, 0) is 0 Å². The van der Waals surface area contributed by atoms with Crippen LogP contribution in [0.2, 0.25) is 0 Å². The third-order valence-corrected chi connectivity index (χ3v) is 5.69. The second-order valence-electron chi connectivity index (χ2n) is 6.75. The van der Waals surface area contributed by atoms with Gasteiger partial charge < -0.3 is 15.7 Å². The Balaban J connectivity index is 1.60. The summed E-state index contributed by atoms with van der Waals surface area (Å²) in [4.78, 5) is 8.97. The zero-order valence-electron chi connectivity index (χ0n) is 13.1. The summed E-state index contributed by atoms with van der Waals surface area (Å²) in [6, 6.07) is 0.382. The molecule has 0 atom stereocenters. The van der Waals surface area contributed by atoms with Gasteiger partial charge in [0.25, 0.3) is 0 Å². The Morgan fingerprint density at radius 1 is 1.32 bits per heavy atom. The van der Waals surface area contributed by atoms with Crippen LogP contribution in [0.1, 0.15) is 51.9 Å². The van der Waals surface area contributed by atoms with Crippen LogP contribution in [0.15, 0.2) is 10.7 Å². The van der Waals surface area contributed by atoms with Crippen LogP contribution >= 0.6 is 15.9 Å². The molecule has 1 aromatic rings. The summed E-state index contributed by atoms with van der Waals surface area (Å²) in [6.45, 7) is 3.21. The van der Waals surface area contributed by atoms with Gasteiger partial charge in [0.2, 0.25) is 5.95 Å². The first-order valence-corrected chi connectivity index (χ1v) is 9.10. The van der Waals surface area contributed by atoms with Crippen molar-refractivity contribution in [2.45, 2.75) is 64.0 Å². The van der Waals surface area contributed by atoms with E-state index in [1.807, 2.05) is 0 Å². The van der Waals surface area contributed by atoms with Gasteiger partial charge in [-0.05, 0) is 66.3 Å². The highest BCUT2D eigenvalue weighted by atomic mass is 79.9. The van der Waals surface area contributed by atoms with Crippen LogP contribution in [0.25, 0.3) is 0 Å². The molecule has 2 aliphatic rings. The lowest BCUT2D eigenvalue weighted by Gasteiger charge is -2.27. The molecule has 2 fully saturated rings. The van der Waals surface area contributed by atoms with Crippen LogP contribution in [0.5, 0.6) is 0 Å². The highest BCUT2D eigenvalue weighted by Crippen LogP contribution is 2.48. The zero-order chi connectivity index (χ0) is 15.6. The van der Waals surface area contributed by atoms with Crippen LogP contribution in [0.3, 0.4) is 0 Å². The molecule has 3 N–H and O–H groups in total. The van der Waals surface area contributed by atoms with E-state index in [9.17, 15) is 5.11 Å². The van der Waals surface area contributed by atoms with Crippen molar-refractivity contribution in [3.05, 3.63) is 10.7 Å². The molecule has 1 aromatic heterocycles. The fraction of sp³-hybridized carbons (Fsp3) is 0.750. The van der Waals surface area contributed by atoms with E-state index >= 15 is 0 Å². The Kier molecular flexibility index (Phi) is 4.88. The Morgan fingerprint density at radius 3 is 2.68 bits per heavy atom. The summed E-state index contributed by atoms with van der Waals surface area (Å²) < 4.78 is 0.890. The molecule has 0 aliphatic heterocycles. The molecule has 5 nitrogen and oxygen atoms in total. The summed E-state index contributed by atoms with van der Waals surface area (Å²) in [6.07, 6.45) is 9.21. The third kappa shape index (κ3) is 3.90. The monoisotopic (exact) mass is 368 g/mol. The quantitative estimate of drug-likeness (QED) is 0.715. The van der Waals surface area contributed by atoms with Gasteiger partial charge in [-0.15, -0.1) is 0 Å². The van der Waals surface area contributed by atoms with E-state index in [1.54, 1.807) is 6.20 Å². The number of halogens is 1. The molecule has 122 valence electrons. The van der Waals surface area contributed by atoms with E-state index in [1.165, 1.54) is 19.3 Å². The molecule has 0 spiro atoms. The summed E-state index contributed by atoms with van der Waals surface area (Å²) >= 11 is 3.52. The predicted molar refractivity (Wildman–Crippen MR) is 92.1 cm³/mol. The fourth-order valence-electron chi connectivity index (χ4n) is 3.07. The van der Waals surface area contributed by atoms with Crippen molar-refractivity contribution in [1.82, 2.24) is 9.97 Å². The summed E-state index contributed by atoms with van der Waals surface area (Å²) in [7, 11) is 0. The van der Waals surface area contributed by atoms with Crippen molar-refractivity contribution in [3.63, 3.8) is 0 Å². The lowest BCUT2D eigenvalue weighted by molar-refractivity contribution is 0.126. The number of anilines is 2. The molecule has 2 saturated carbocycles. The standard InChI is InChI=1S/C16H25BrN4O/c1-2-16(7-8-16)10-19-15-18-9-13(17)14(21-15)20-11-3-5-12(22)6-4-11/h9,11-12,22H,2-8,10H2,1H3,(H2,18,19,20,21). The SMILES string of the molecule is CCC1(CNc2ncc(Br)c(NC3CCC(O)CC3)n2)CC1. The Hall–Kier alpha value is -0.880. The zero-order valence-corrected chi connectivity index (χ0v) is 14.7. The average Bonchev–Trinajstić information content (AvgIpc) is 3.31. The number of aliphatic hydroxyl groups excluding tert-OH is 1. The number of aromatic nitrogens is 2. The molecular formula is C16H25BrN4O. The molecule has 0 aromatic carbocycles. The first-order valence-electron chi connectivity index (χ1n) is 8.31. The second-order valence-corrected chi connectivity index (χ2v) is 7.60. The Morgan fingerprint density at radius 2 is 2.05 bits per heavy atom. The molecule has 1 heterocycles. The third-order valence-electron chi connectivity index (χ3n) is 5.11. The van der Waals surface area contributed by atoms with Crippen LogP contribution in [-0.4, -0.2) is 33.8 Å². The molecule has 6 heteroatoms. The fourth-order valence-corrected chi connectivity index (χ4v) is 3.37. The molecule has 0 radical (unpaired) electrons. The molecule has 0 amide bonds. The minimum atomic E-state index is -0.132. The van der Waals surface area contributed by atoms with E-state index in [0.717, 1.165) is 42.5 Å². The largest absolute Gasteiger partial charge is 0.393 e. The molecule has 0 unspecified atom stereocenters. The molecular weight excluding hydrogens is 344 g/mol. The minimum Gasteiger partial charge on any atom is -0.393 e. The number of rotatable bonds is 6. The topological polar surface area (TPSA) is 70.1 Å². The number of nitrogens with zero attached hydrogens (tertiary/aromatic N) is 2. The maximum absolute atomic E-state index is 9.59. The normalized spacial score (nSPS) is 26.5. The summed E-state index contributed by atoms with van der Waals surface area (Å²) in [5, 5.41) is 16.5. The Labute approximate surface area is 140 Å². The van der Waals surface area contributed by atoms with E-state index in [-0.39, 0.29) is 6.10 Å². The number of aliphatic hydroxyl groups is 1. The van der Waals surface area contributed by atoms with Crippen molar-refractivity contribution in [2.75, 3.05) is 17.2 Å². The molecule has 0 saturated heterocycles. The predicted octanol–water partition coefficient (Wildman–Crippen LogP) is 3.56. The van der Waals surface area contributed by atoms with Crippen molar-refractivity contribution >= 4 is 27.7 Å². The van der Waals surface area contributed by atoms with Crippen LogP contribution in [0, 0.1) is 5.41 Å². The molecule has 2 aliphatic carbocycles. The number of nitrogens with one attached hydrogen (secondary N) is 2. The molecule has 22 heavy (non-hydrogen) atoms. The molecule has 3 rings (SSSR count). The number of hydrogen-bond acceptors (Lipinski definition) is 5. The Bertz CT molecular complexity index is 513. The van der Waals surface area contributed by atoms with Crippen LogP contribution in [0.4, 0.5) is 11.8 Å². The van der Waals surface area contributed by atoms with Crippen molar-refractivity contribution in [1.29, 1.82) is 0 Å². The van der Waals surface area contributed by atoms with Gasteiger partial charge >= 0.3 is 0 Å². The van der Waals surface area contributed by atoms with E-state index < -0.39 is 0 Å². The van der Waals surface area contributed by atoms with Gasteiger partial charge in [-0.2, -0.15) is 4.98 Å². The summed E-state index contributed by atoms with van der Waals surface area (Å²) in [5.41, 5.74) is 0.476. The van der Waals surface area contributed by atoms with Gasteiger partial charge in [0.1, 0.15) is 5.82 Å². The first-order chi connectivity index (χ1) is 10.6. The van der Waals surface area contributed by atoms with Gasteiger partial charge in [0.15, 0.2) is 0 Å². The van der Waals surface area contributed by atoms with Gasteiger partial charge in [-0.3, -0.25) is 0 Å². The van der Waals surface area contributed by atoms with Gasteiger partial charge in [-0.25, -0.2) is 4.98 Å². The lowest BCUT2D eigenvalue weighted by atomic mass is 9.93. The van der Waals surface area contributed by atoms with Gasteiger partial charge in [0, 0.05) is 18.8 Å².